The number of esters is 1. The Morgan fingerprint density at radius 2 is 2.18 bits per heavy atom. The first-order chi connectivity index (χ1) is 8.09. The van der Waals surface area contributed by atoms with E-state index in [4.69, 9.17) is 4.74 Å². The van der Waals surface area contributed by atoms with Crippen LogP contribution in [0.3, 0.4) is 0 Å². The minimum atomic E-state index is -0.629. The molecule has 1 fully saturated rings. The highest BCUT2D eigenvalue weighted by molar-refractivity contribution is 5.71. The van der Waals surface area contributed by atoms with Gasteiger partial charge in [0.15, 0.2) is 0 Å². The van der Waals surface area contributed by atoms with Crippen molar-refractivity contribution >= 4 is 5.97 Å². The number of rotatable bonds is 7. The van der Waals surface area contributed by atoms with E-state index >= 15 is 0 Å². The Morgan fingerprint density at radius 1 is 1.53 bits per heavy atom. The predicted octanol–water partition coefficient (Wildman–Crippen LogP) is 1.34. The summed E-state index contributed by atoms with van der Waals surface area (Å²) in [4.78, 5) is 13.3. The van der Waals surface area contributed by atoms with Crippen LogP contribution in [0.5, 0.6) is 0 Å². The molecule has 1 aliphatic rings. The smallest absolute Gasteiger partial charge is 0.320 e. The molecule has 1 rings (SSSR count). The van der Waals surface area contributed by atoms with Gasteiger partial charge in [-0.1, -0.05) is 18.9 Å². The molecule has 0 spiro atoms. The van der Waals surface area contributed by atoms with Gasteiger partial charge < -0.3 is 9.84 Å². The molecule has 0 heterocycles. The van der Waals surface area contributed by atoms with Gasteiger partial charge in [0.25, 0.3) is 0 Å². The van der Waals surface area contributed by atoms with Crippen molar-refractivity contribution in [2.45, 2.75) is 38.2 Å². The fourth-order valence-corrected chi connectivity index (χ4v) is 2.36. The maximum Gasteiger partial charge on any atom is 0.320 e. The molecule has 0 radical (unpaired) electrons. The van der Waals surface area contributed by atoms with Crippen LogP contribution in [-0.2, 0) is 9.53 Å². The van der Waals surface area contributed by atoms with Crippen LogP contribution in [0.2, 0.25) is 0 Å². The lowest BCUT2D eigenvalue weighted by atomic mass is 10.0. The third kappa shape index (κ3) is 4.88. The first-order valence-corrected chi connectivity index (χ1v) is 6.31. The van der Waals surface area contributed by atoms with Crippen molar-refractivity contribution in [3.63, 3.8) is 0 Å². The van der Waals surface area contributed by atoms with Crippen LogP contribution in [0.15, 0.2) is 12.7 Å². The monoisotopic (exact) mass is 241 g/mol. The number of aliphatic hydroxyl groups is 1. The molecular formula is C13H23NO3. The topological polar surface area (TPSA) is 49.8 Å². The fourth-order valence-electron chi connectivity index (χ4n) is 2.36. The highest BCUT2D eigenvalue weighted by atomic mass is 16.5. The molecule has 98 valence electrons. The average molecular weight is 241 g/mol. The van der Waals surface area contributed by atoms with E-state index in [1.165, 1.54) is 0 Å². The van der Waals surface area contributed by atoms with E-state index in [2.05, 4.69) is 6.58 Å². The summed E-state index contributed by atoms with van der Waals surface area (Å²) in [6, 6.07) is 0. The molecule has 1 saturated carbocycles. The van der Waals surface area contributed by atoms with Crippen LogP contribution in [-0.4, -0.2) is 47.8 Å². The Morgan fingerprint density at radius 3 is 2.71 bits per heavy atom. The molecule has 0 atom stereocenters. The average Bonchev–Trinajstić information content (AvgIpc) is 2.65. The molecule has 0 saturated heterocycles. The summed E-state index contributed by atoms with van der Waals surface area (Å²) in [6.07, 6.45) is 5.53. The second-order valence-corrected chi connectivity index (χ2v) is 4.69. The minimum Gasteiger partial charge on any atom is -0.465 e. The SMILES string of the molecule is C=CCN(CC(=O)OCC)CC1(O)CCCC1. The van der Waals surface area contributed by atoms with Gasteiger partial charge in [0.1, 0.15) is 0 Å². The molecular weight excluding hydrogens is 218 g/mol. The van der Waals surface area contributed by atoms with Gasteiger partial charge in [0.05, 0.1) is 18.8 Å². The number of hydrogen-bond acceptors (Lipinski definition) is 4. The van der Waals surface area contributed by atoms with Crippen molar-refractivity contribution in [1.82, 2.24) is 4.90 Å². The van der Waals surface area contributed by atoms with Gasteiger partial charge in [-0.3, -0.25) is 9.69 Å². The molecule has 0 aliphatic heterocycles. The van der Waals surface area contributed by atoms with Gasteiger partial charge in [-0.05, 0) is 19.8 Å². The van der Waals surface area contributed by atoms with Crippen LogP contribution in [0, 0.1) is 0 Å². The Bertz CT molecular complexity index is 259. The number of ether oxygens (including phenoxy) is 1. The summed E-state index contributed by atoms with van der Waals surface area (Å²) in [5, 5.41) is 10.3. The number of carbonyl (C=O) groups is 1. The summed E-state index contributed by atoms with van der Waals surface area (Å²) < 4.78 is 4.92. The van der Waals surface area contributed by atoms with E-state index < -0.39 is 5.60 Å². The van der Waals surface area contributed by atoms with Gasteiger partial charge >= 0.3 is 5.97 Å². The quantitative estimate of drug-likeness (QED) is 0.540. The molecule has 1 aliphatic carbocycles. The zero-order chi connectivity index (χ0) is 12.7. The van der Waals surface area contributed by atoms with Crippen LogP contribution in [0.25, 0.3) is 0 Å². The Kier molecular flexibility index (Phi) is 5.65. The van der Waals surface area contributed by atoms with Gasteiger partial charge in [-0.15, -0.1) is 6.58 Å². The molecule has 0 aromatic carbocycles. The third-order valence-corrected chi connectivity index (χ3v) is 3.10. The van der Waals surface area contributed by atoms with E-state index in [1.54, 1.807) is 13.0 Å². The van der Waals surface area contributed by atoms with Gasteiger partial charge in [-0.2, -0.15) is 0 Å². The highest BCUT2D eigenvalue weighted by Crippen LogP contribution is 2.30. The summed E-state index contributed by atoms with van der Waals surface area (Å²) in [7, 11) is 0. The van der Waals surface area contributed by atoms with Gasteiger partial charge in [0.2, 0.25) is 0 Å². The number of carbonyl (C=O) groups excluding carboxylic acids is 1. The first kappa shape index (κ1) is 14.2. The second kappa shape index (κ2) is 6.77. The molecule has 4 heteroatoms. The lowest BCUT2D eigenvalue weighted by Gasteiger charge is -2.29. The van der Waals surface area contributed by atoms with Crippen molar-refractivity contribution in [3.8, 4) is 0 Å². The lowest BCUT2D eigenvalue weighted by Crippen LogP contribution is -2.43. The lowest BCUT2D eigenvalue weighted by molar-refractivity contribution is -0.145. The minimum absolute atomic E-state index is 0.224. The number of nitrogens with zero attached hydrogens (tertiary/aromatic N) is 1. The molecule has 4 nitrogen and oxygen atoms in total. The number of hydrogen-bond donors (Lipinski definition) is 1. The van der Waals surface area contributed by atoms with Crippen LogP contribution < -0.4 is 0 Å². The molecule has 0 bridgehead atoms. The van der Waals surface area contributed by atoms with E-state index in [0.717, 1.165) is 25.7 Å². The first-order valence-electron chi connectivity index (χ1n) is 6.31. The summed E-state index contributed by atoms with van der Waals surface area (Å²) in [6.45, 7) is 7.21. The van der Waals surface area contributed by atoms with Crippen molar-refractivity contribution < 1.29 is 14.6 Å². The van der Waals surface area contributed by atoms with Crippen LogP contribution in [0.4, 0.5) is 0 Å². The maximum absolute atomic E-state index is 11.4. The van der Waals surface area contributed by atoms with Gasteiger partial charge in [-0.25, -0.2) is 0 Å². The molecule has 0 aromatic rings. The van der Waals surface area contributed by atoms with Crippen molar-refractivity contribution in [1.29, 1.82) is 0 Å². The Balaban J connectivity index is 2.47. The Hall–Kier alpha value is -0.870. The van der Waals surface area contributed by atoms with E-state index in [1.807, 2.05) is 4.90 Å². The van der Waals surface area contributed by atoms with E-state index in [0.29, 0.717) is 19.7 Å². The standard InChI is InChI=1S/C13H23NO3/c1-3-9-14(10-12(15)17-4-2)11-13(16)7-5-6-8-13/h3,16H,1,4-11H2,2H3. The molecule has 17 heavy (non-hydrogen) atoms. The normalized spacial score (nSPS) is 18.3. The zero-order valence-electron chi connectivity index (χ0n) is 10.7. The van der Waals surface area contributed by atoms with Gasteiger partial charge in [0, 0.05) is 13.1 Å². The van der Waals surface area contributed by atoms with E-state index in [-0.39, 0.29) is 12.5 Å². The van der Waals surface area contributed by atoms with Crippen LogP contribution >= 0.6 is 0 Å². The van der Waals surface area contributed by atoms with Crippen LogP contribution in [0.1, 0.15) is 32.6 Å². The predicted molar refractivity (Wildman–Crippen MR) is 66.7 cm³/mol. The zero-order valence-corrected chi connectivity index (χ0v) is 10.7. The summed E-state index contributed by atoms with van der Waals surface area (Å²) in [5.41, 5.74) is -0.629. The Labute approximate surface area is 103 Å². The maximum atomic E-state index is 11.4. The van der Waals surface area contributed by atoms with Crippen molar-refractivity contribution in [2.75, 3.05) is 26.2 Å². The molecule has 0 aromatic heterocycles. The van der Waals surface area contributed by atoms with E-state index in [9.17, 15) is 9.90 Å². The van der Waals surface area contributed by atoms with Crippen molar-refractivity contribution in [3.05, 3.63) is 12.7 Å². The third-order valence-electron chi connectivity index (χ3n) is 3.10. The highest BCUT2D eigenvalue weighted by Gasteiger charge is 2.33. The van der Waals surface area contributed by atoms with Crippen molar-refractivity contribution in [2.24, 2.45) is 0 Å². The second-order valence-electron chi connectivity index (χ2n) is 4.69. The summed E-state index contributed by atoms with van der Waals surface area (Å²) >= 11 is 0. The molecule has 0 amide bonds. The fraction of sp³-hybridized carbons (Fsp3) is 0.769. The largest absolute Gasteiger partial charge is 0.465 e. The summed E-state index contributed by atoms with van der Waals surface area (Å²) in [5.74, 6) is -0.240. The molecule has 0 unspecified atom stereocenters. The molecule has 1 N–H and O–H groups in total.